The second-order valence-electron chi connectivity index (χ2n) is 8.39. The van der Waals surface area contributed by atoms with Crippen LogP contribution in [-0.2, 0) is 10.2 Å². The van der Waals surface area contributed by atoms with Crippen molar-refractivity contribution in [2.75, 3.05) is 32.7 Å². The van der Waals surface area contributed by atoms with Gasteiger partial charge >= 0.3 is 0 Å². The number of rotatable bonds is 5. The molecule has 0 saturated carbocycles. The predicted molar refractivity (Wildman–Crippen MR) is 112 cm³/mol. The van der Waals surface area contributed by atoms with Crippen molar-refractivity contribution < 1.29 is 14.1 Å². The highest BCUT2D eigenvalue weighted by Crippen LogP contribution is 2.29. The van der Waals surface area contributed by atoms with Crippen LogP contribution >= 0.6 is 11.8 Å². The quantitative estimate of drug-likeness (QED) is 0.776. The summed E-state index contributed by atoms with van der Waals surface area (Å²) in [5, 5.41) is 8.49. The first kappa shape index (κ1) is 20.9. The molecule has 1 fully saturated rings. The third-order valence-corrected chi connectivity index (χ3v) is 6.23. The Hall–Kier alpha value is -1.86. The first-order valence-electron chi connectivity index (χ1n) is 10.0. The summed E-state index contributed by atoms with van der Waals surface area (Å²) in [7, 11) is 0. The van der Waals surface area contributed by atoms with E-state index in [0.717, 1.165) is 38.3 Å². The lowest BCUT2D eigenvalue weighted by molar-refractivity contribution is -0.902. The van der Waals surface area contributed by atoms with Crippen molar-refractivity contribution in [3.8, 4) is 11.5 Å². The highest BCUT2D eigenvalue weighted by Gasteiger charge is 2.28. The SMILES string of the molecule is CC[NH+]1CCN(C(=O)[C@@H](C)Sc2nnc(-c3ccc(C(C)(C)C)cc3)o2)CC1. The molecule has 2 heterocycles. The molecular weight excluding hydrogens is 372 g/mol. The van der Waals surface area contributed by atoms with Gasteiger partial charge in [0.15, 0.2) is 0 Å². The van der Waals surface area contributed by atoms with Gasteiger partial charge in [-0.2, -0.15) is 0 Å². The lowest BCUT2D eigenvalue weighted by Crippen LogP contribution is -3.14. The van der Waals surface area contributed by atoms with Crippen LogP contribution in [0.4, 0.5) is 0 Å². The lowest BCUT2D eigenvalue weighted by Gasteiger charge is -2.32. The van der Waals surface area contributed by atoms with E-state index in [1.165, 1.54) is 17.3 Å². The number of hydrogen-bond donors (Lipinski definition) is 1. The lowest BCUT2D eigenvalue weighted by atomic mass is 9.87. The van der Waals surface area contributed by atoms with E-state index in [4.69, 9.17) is 4.42 Å². The zero-order chi connectivity index (χ0) is 20.3. The molecule has 3 rings (SSSR count). The standard InChI is InChI=1S/C21H30N4O2S/c1-6-24-11-13-25(14-12-24)19(26)15(2)28-20-23-22-18(27-20)16-7-9-17(10-8-16)21(3,4)5/h7-10,15H,6,11-14H2,1-5H3/p+1/t15-/m1/s1. The van der Waals surface area contributed by atoms with Crippen LogP contribution in [0.1, 0.15) is 40.2 Å². The maximum Gasteiger partial charge on any atom is 0.277 e. The summed E-state index contributed by atoms with van der Waals surface area (Å²) >= 11 is 1.34. The van der Waals surface area contributed by atoms with Crippen molar-refractivity contribution >= 4 is 17.7 Å². The molecular formula is C21H31N4O2S+. The fourth-order valence-corrected chi connectivity index (χ4v) is 4.11. The Morgan fingerprint density at radius 2 is 1.86 bits per heavy atom. The molecule has 1 aliphatic rings. The van der Waals surface area contributed by atoms with Gasteiger partial charge in [-0.15, -0.1) is 10.2 Å². The topological polar surface area (TPSA) is 63.7 Å². The van der Waals surface area contributed by atoms with Crippen molar-refractivity contribution in [1.82, 2.24) is 15.1 Å². The zero-order valence-corrected chi connectivity index (χ0v) is 18.3. The number of nitrogens with zero attached hydrogens (tertiary/aromatic N) is 3. The summed E-state index contributed by atoms with van der Waals surface area (Å²) < 4.78 is 5.80. The van der Waals surface area contributed by atoms with Gasteiger partial charge in [0.25, 0.3) is 5.22 Å². The number of quaternary nitrogens is 1. The van der Waals surface area contributed by atoms with Crippen molar-refractivity contribution in [3.05, 3.63) is 29.8 Å². The Morgan fingerprint density at radius 1 is 1.21 bits per heavy atom. The molecule has 6 nitrogen and oxygen atoms in total. The van der Waals surface area contributed by atoms with Gasteiger partial charge in [-0.25, -0.2) is 0 Å². The Labute approximate surface area is 171 Å². The number of nitrogens with one attached hydrogen (secondary N) is 1. The van der Waals surface area contributed by atoms with Crippen LogP contribution in [0.2, 0.25) is 0 Å². The molecule has 0 spiro atoms. The van der Waals surface area contributed by atoms with Gasteiger partial charge in [-0.3, -0.25) is 4.79 Å². The average Bonchev–Trinajstić information content (AvgIpc) is 3.15. The van der Waals surface area contributed by atoms with Crippen molar-refractivity contribution in [2.45, 2.75) is 50.5 Å². The van der Waals surface area contributed by atoms with Crippen molar-refractivity contribution in [3.63, 3.8) is 0 Å². The minimum absolute atomic E-state index is 0.105. The second-order valence-corrected chi connectivity index (χ2v) is 9.68. The molecule has 0 bridgehead atoms. The van der Waals surface area contributed by atoms with Crippen molar-refractivity contribution in [1.29, 1.82) is 0 Å². The normalized spacial score (nSPS) is 17.0. The Kier molecular flexibility index (Phi) is 6.45. The van der Waals surface area contributed by atoms with Crippen LogP contribution < -0.4 is 4.90 Å². The second kappa shape index (κ2) is 8.66. The third kappa shape index (κ3) is 4.94. The molecule has 0 aliphatic carbocycles. The molecule has 152 valence electrons. The van der Waals surface area contributed by atoms with Gasteiger partial charge in [0.1, 0.15) is 0 Å². The third-order valence-electron chi connectivity index (χ3n) is 5.31. The highest BCUT2D eigenvalue weighted by molar-refractivity contribution is 8.00. The van der Waals surface area contributed by atoms with Gasteiger partial charge in [-0.1, -0.05) is 44.7 Å². The molecule has 7 heteroatoms. The summed E-state index contributed by atoms with van der Waals surface area (Å²) in [5.41, 5.74) is 2.26. The number of aromatic nitrogens is 2. The number of amides is 1. The van der Waals surface area contributed by atoms with E-state index < -0.39 is 0 Å². The Morgan fingerprint density at radius 3 is 2.43 bits per heavy atom. The number of piperazine rings is 1. The van der Waals surface area contributed by atoms with Gasteiger partial charge in [0.2, 0.25) is 11.8 Å². The molecule has 1 saturated heterocycles. The summed E-state index contributed by atoms with van der Waals surface area (Å²) in [5.74, 6) is 0.636. The Balaban J connectivity index is 1.60. The number of carbonyl (C=O) groups is 1. The van der Waals surface area contributed by atoms with E-state index in [1.807, 2.05) is 24.0 Å². The monoisotopic (exact) mass is 403 g/mol. The van der Waals surface area contributed by atoms with Crippen LogP contribution in [0.5, 0.6) is 0 Å². The minimum atomic E-state index is -0.236. The molecule has 2 aromatic rings. The molecule has 28 heavy (non-hydrogen) atoms. The molecule has 1 aliphatic heterocycles. The van der Waals surface area contributed by atoms with Crippen LogP contribution in [0.25, 0.3) is 11.5 Å². The molecule has 1 atom stereocenters. The fourth-order valence-electron chi connectivity index (χ4n) is 3.34. The summed E-state index contributed by atoms with van der Waals surface area (Å²) in [6.45, 7) is 15.5. The summed E-state index contributed by atoms with van der Waals surface area (Å²) in [4.78, 5) is 16.2. The van der Waals surface area contributed by atoms with Gasteiger partial charge in [-0.05, 0) is 37.0 Å². The van der Waals surface area contributed by atoms with Gasteiger partial charge < -0.3 is 14.2 Å². The molecule has 1 aromatic carbocycles. The van der Waals surface area contributed by atoms with Crippen LogP contribution in [0, 0.1) is 0 Å². The molecule has 1 amide bonds. The largest absolute Gasteiger partial charge is 0.411 e. The van der Waals surface area contributed by atoms with E-state index >= 15 is 0 Å². The fraction of sp³-hybridized carbons (Fsp3) is 0.571. The number of likely N-dealkylation sites (N-methyl/N-ethyl adjacent to an activating group) is 1. The number of thioether (sulfide) groups is 1. The highest BCUT2D eigenvalue weighted by atomic mass is 32.2. The zero-order valence-electron chi connectivity index (χ0n) is 17.5. The number of benzene rings is 1. The van der Waals surface area contributed by atoms with E-state index in [9.17, 15) is 4.79 Å². The van der Waals surface area contributed by atoms with E-state index in [2.05, 4.69) is 50.0 Å². The minimum Gasteiger partial charge on any atom is -0.411 e. The molecule has 0 unspecified atom stereocenters. The Bertz CT molecular complexity index is 789. The summed E-state index contributed by atoms with van der Waals surface area (Å²) in [6.07, 6.45) is 0. The molecule has 1 N–H and O–H groups in total. The van der Waals surface area contributed by atoms with Crippen molar-refractivity contribution in [2.24, 2.45) is 0 Å². The smallest absolute Gasteiger partial charge is 0.277 e. The van der Waals surface area contributed by atoms with E-state index in [0.29, 0.717) is 11.1 Å². The maximum atomic E-state index is 12.7. The van der Waals surface area contributed by atoms with Crippen LogP contribution in [-0.4, -0.2) is 59.0 Å². The van der Waals surface area contributed by atoms with Crippen LogP contribution in [0.15, 0.2) is 33.9 Å². The van der Waals surface area contributed by atoms with Gasteiger partial charge in [0, 0.05) is 5.56 Å². The average molecular weight is 404 g/mol. The predicted octanol–water partition coefficient (Wildman–Crippen LogP) is 2.26. The first-order valence-corrected chi connectivity index (χ1v) is 10.9. The van der Waals surface area contributed by atoms with Gasteiger partial charge in [0.05, 0.1) is 38.0 Å². The number of hydrogen-bond acceptors (Lipinski definition) is 5. The first-order chi connectivity index (χ1) is 13.3. The summed E-state index contributed by atoms with van der Waals surface area (Å²) in [6, 6.07) is 8.20. The number of carbonyl (C=O) groups excluding carboxylic acids is 1. The van der Waals surface area contributed by atoms with E-state index in [1.54, 1.807) is 4.90 Å². The molecule has 0 radical (unpaired) electrons. The van der Waals surface area contributed by atoms with E-state index in [-0.39, 0.29) is 16.6 Å². The maximum absolute atomic E-state index is 12.7. The molecule has 1 aromatic heterocycles. The van der Waals surface area contributed by atoms with Crippen LogP contribution in [0.3, 0.4) is 0 Å².